The van der Waals surface area contributed by atoms with Gasteiger partial charge in [0.25, 0.3) is 11.5 Å². The molecule has 0 unspecified atom stereocenters. The van der Waals surface area contributed by atoms with Gasteiger partial charge in [-0.3, -0.25) is 19.1 Å². The Hall–Kier alpha value is -4.13. The third-order valence-electron chi connectivity index (χ3n) is 4.57. The molecule has 150 valence electrons. The lowest BCUT2D eigenvalue weighted by molar-refractivity contribution is 0.0947. The van der Waals surface area contributed by atoms with E-state index in [9.17, 15) is 9.59 Å². The number of pyridine rings is 2. The lowest BCUT2D eigenvalue weighted by atomic mass is 10.2. The van der Waals surface area contributed by atoms with Gasteiger partial charge in [0.2, 0.25) is 0 Å². The number of carbonyl (C=O) groups is 1. The first kappa shape index (κ1) is 19.2. The zero-order chi connectivity index (χ0) is 20.9. The summed E-state index contributed by atoms with van der Waals surface area (Å²) in [5.41, 5.74) is 2.19. The molecule has 7 nitrogen and oxygen atoms in total. The first-order valence-electron chi connectivity index (χ1n) is 9.29. The summed E-state index contributed by atoms with van der Waals surface area (Å²) in [7, 11) is 1.43. The number of ether oxygens (including phenoxy) is 1. The number of nitrogens with one attached hydrogen (secondary N) is 1. The summed E-state index contributed by atoms with van der Waals surface area (Å²) < 4.78 is 12.0. The number of hydrogen-bond donors (Lipinski definition) is 1. The average molecular weight is 401 g/mol. The van der Waals surface area contributed by atoms with Gasteiger partial charge in [0.15, 0.2) is 5.76 Å². The van der Waals surface area contributed by atoms with E-state index in [1.807, 2.05) is 36.4 Å². The molecule has 0 saturated carbocycles. The van der Waals surface area contributed by atoms with E-state index in [-0.39, 0.29) is 29.3 Å². The van der Waals surface area contributed by atoms with Crippen molar-refractivity contribution in [1.82, 2.24) is 14.9 Å². The average Bonchev–Trinajstić information content (AvgIpc) is 3.33. The Morgan fingerprint density at radius 3 is 2.70 bits per heavy atom. The normalized spacial score (nSPS) is 10.6. The second-order valence-electron chi connectivity index (χ2n) is 6.51. The van der Waals surface area contributed by atoms with Crippen molar-refractivity contribution < 1.29 is 13.9 Å². The van der Waals surface area contributed by atoms with Gasteiger partial charge in [0.1, 0.15) is 11.4 Å². The number of nitrogens with zero attached hydrogens (tertiary/aromatic N) is 2. The maximum atomic E-state index is 12.9. The summed E-state index contributed by atoms with van der Waals surface area (Å²) in [5, 5.41) is 2.87. The molecule has 4 aromatic rings. The van der Waals surface area contributed by atoms with E-state index in [0.717, 1.165) is 5.56 Å². The molecule has 1 amide bonds. The quantitative estimate of drug-likeness (QED) is 0.535. The molecule has 3 aromatic heterocycles. The molecular formula is C23H19N3O4. The highest BCUT2D eigenvalue weighted by atomic mass is 16.5. The monoisotopic (exact) mass is 401 g/mol. The van der Waals surface area contributed by atoms with Crippen LogP contribution < -0.4 is 15.6 Å². The summed E-state index contributed by atoms with van der Waals surface area (Å²) in [5.74, 6) is 0.517. The number of hydrogen-bond acceptors (Lipinski definition) is 5. The van der Waals surface area contributed by atoms with Crippen LogP contribution in [0.15, 0.2) is 88.5 Å². The number of rotatable bonds is 6. The fraction of sp³-hybridized carbons (Fsp3) is 0.0870. The predicted molar refractivity (Wildman–Crippen MR) is 112 cm³/mol. The number of aromatic nitrogens is 2. The Bertz CT molecular complexity index is 1210. The van der Waals surface area contributed by atoms with Crippen LogP contribution in [0, 0.1) is 0 Å². The van der Waals surface area contributed by atoms with Crippen molar-refractivity contribution in [3.05, 3.63) is 101 Å². The topological polar surface area (TPSA) is 86.4 Å². The van der Waals surface area contributed by atoms with E-state index in [2.05, 4.69) is 10.3 Å². The van der Waals surface area contributed by atoms with Crippen molar-refractivity contribution in [2.45, 2.75) is 6.54 Å². The van der Waals surface area contributed by atoms with Crippen LogP contribution >= 0.6 is 0 Å². The van der Waals surface area contributed by atoms with Crippen molar-refractivity contribution in [2.75, 3.05) is 7.11 Å². The van der Waals surface area contributed by atoms with E-state index < -0.39 is 0 Å². The van der Waals surface area contributed by atoms with Crippen LogP contribution in [0.3, 0.4) is 0 Å². The lowest BCUT2D eigenvalue weighted by Gasteiger charge is -2.13. The summed E-state index contributed by atoms with van der Waals surface area (Å²) in [6.45, 7) is 0.280. The smallest absolute Gasteiger partial charge is 0.258 e. The molecule has 0 bridgehead atoms. The molecule has 0 aliphatic rings. The standard InChI is InChI=1S/C23H19N3O4/c1-29-21-13-22(27)26(17-6-3-2-4-7-17)15-18(21)23(28)25-14-16-9-10-24-19(12-16)20-8-5-11-30-20/h2-13,15H,14H2,1H3,(H,25,28). The second kappa shape index (κ2) is 8.48. The summed E-state index contributed by atoms with van der Waals surface area (Å²) in [6, 6.07) is 17.7. The van der Waals surface area contributed by atoms with Crippen molar-refractivity contribution in [2.24, 2.45) is 0 Å². The SMILES string of the molecule is COc1cc(=O)n(-c2ccccc2)cc1C(=O)NCc1ccnc(-c2ccco2)c1. The molecule has 7 heteroatoms. The molecule has 0 aliphatic heterocycles. The van der Waals surface area contributed by atoms with Gasteiger partial charge in [-0.25, -0.2) is 0 Å². The number of methoxy groups -OCH3 is 1. The third-order valence-corrected chi connectivity index (χ3v) is 4.57. The lowest BCUT2D eigenvalue weighted by Crippen LogP contribution is -2.27. The highest BCUT2D eigenvalue weighted by Crippen LogP contribution is 2.19. The zero-order valence-corrected chi connectivity index (χ0v) is 16.2. The first-order chi connectivity index (χ1) is 14.7. The summed E-state index contributed by atoms with van der Waals surface area (Å²) >= 11 is 0. The van der Waals surface area contributed by atoms with Crippen LogP contribution in [0.4, 0.5) is 0 Å². The molecular weight excluding hydrogens is 382 g/mol. The molecule has 30 heavy (non-hydrogen) atoms. The Kier molecular flexibility index (Phi) is 5.43. The van der Waals surface area contributed by atoms with E-state index >= 15 is 0 Å². The number of amides is 1. The Morgan fingerprint density at radius 1 is 1.13 bits per heavy atom. The molecule has 3 heterocycles. The number of furan rings is 1. The zero-order valence-electron chi connectivity index (χ0n) is 16.2. The summed E-state index contributed by atoms with van der Waals surface area (Å²) in [6.07, 6.45) is 4.74. The van der Waals surface area contributed by atoms with Crippen LogP contribution in [0.25, 0.3) is 17.1 Å². The number of para-hydroxylation sites is 1. The van der Waals surface area contributed by atoms with Crippen LogP contribution in [0.1, 0.15) is 15.9 Å². The first-order valence-corrected chi connectivity index (χ1v) is 9.29. The maximum absolute atomic E-state index is 12.9. The van der Waals surface area contributed by atoms with Gasteiger partial charge in [-0.15, -0.1) is 0 Å². The molecule has 0 spiro atoms. The Balaban J connectivity index is 1.58. The van der Waals surface area contributed by atoms with E-state index in [1.54, 1.807) is 30.7 Å². The van der Waals surface area contributed by atoms with Crippen molar-refractivity contribution >= 4 is 5.91 Å². The molecule has 0 aliphatic carbocycles. The minimum Gasteiger partial charge on any atom is -0.496 e. The Morgan fingerprint density at radius 2 is 1.97 bits per heavy atom. The van der Waals surface area contributed by atoms with Gasteiger partial charge < -0.3 is 14.5 Å². The highest BCUT2D eigenvalue weighted by molar-refractivity contribution is 5.96. The van der Waals surface area contributed by atoms with Crippen molar-refractivity contribution in [3.63, 3.8) is 0 Å². The van der Waals surface area contributed by atoms with Crippen molar-refractivity contribution in [3.8, 4) is 22.9 Å². The molecule has 0 fully saturated rings. The van der Waals surface area contributed by atoms with Crippen LogP contribution in [-0.4, -0.2) is 22.6 Å². The largest absolute Gasteiger partial charge is 0.496 e. The van der Waals surface area contributed by atoms with Gasteiger partial charge in [-0.05, 0) is 42.0 Å². The minimum atomic E-state index is -0.354. The molecule has 0 saturated heterocycles. The highest BCUT2D eigenvalue weighted by Gasteiger charge is 2.16. The van der Waals surface area contributed by atoms with Gasteiger partial charge in [-0.2, -0.15) is 0 Å². The second-order valence-corrected chi connectivity index (χ2v) is 6.51. The van der Waals surface area contributed by atoms with Crippen LogP contribution in [0.2, 0.25) is 0 Å². The van der Waals surface area contributed by atoms with Gasteiger partial charge in [-0.1, -0.05) is 18.2 Å². The van der Waals surface area contributed by atoms with Crippen LogP contribution in [-0.2, 0) is 6.54 Å². The molecule has 0 radical (unpaired) electrons. The van der Waals surface area contributed by atoms with Crippen LogP contribution in [0.5, 0.6) is 5.75 Å². The van der Waals surface area contributed by atoms with Gasteiger partial charge in [0.05, 0.1) is 18.9 Å². The van der Waals surface area contributed by atoms with E-state index in [0.29, 0.717) is 17.1 Å². The summed E-state index contributed by atoms with van der Waals surface area (Å²) in [4.78, 5) is 29.6. The maximum Gasteiger partial charge on any atom is 0.258 e. The minimum absolute atomic E-state index is 0.218. The van der Waals surface area contributed by atoms with E-state index in [1.165, 1.54) is 23.9 Å². The predicted octanol–water partition coefficient (Wildman–Crippen LogP) is 3.43. The fourth-order valence-electron chi connectivity index (χ4n) is 3.07. The molecule has 1 N–H and O–H groups in total. The van der Waals surface area contributed by atoms with Crippen molar-refractivity contribution in [1.29, 1.82) is 0 Å². The van der Waals surface area contributed by atoms with Gasteiger partial charge in [0, 0.05) is 30.7 Å². The molecule has 1 aromatic carbocycles. The Labute approximate surface area is 172 Å². The molecule has 0 atom stereocenters. The number of carbonyl (C=O) groups excluding carboxylic acids is 1. The fourth-order valence-corrected chi connectivity index (χ4v) is 3.07. The third kappa shape index (κ3) is 4.00. The number of benzene rings is 1. The van der Waals surface area contributed by atoms with Gasteiger partial charge >= 0.3 is 0 Å². The molecule has 4 rings (SSSR count). The van der Waals surface area contributed by atoms with E-state index in [4.69, 9.17) is 9.15 Å².